The van der Waals surface area contributed by atoms with Crippen LogP contribution in [0.3, 0.4) is 0 Å². The minimum Gasteiger partial charge on any atom is -0.369 e. The Morgan fingerprint density at radius 3 is 2.89 bits per heavy atom. The molecule has 1 aliphatic heterocycles. The number of anilines is 1. The predicted octanol–water partition coefficient (Wildman–Crippen LogP) is 2.73. The molecule has 98 valence electrons. The summed E-state index contributed by atoms with van der Waals surface area (Å²) in [5, 5.41) is 6.85. The Labute approximate surface area is 113 Å². The second-order valence-electron chi connectivity index (χ2n) is 5.34. The average molecular weight is 264 g/mol. The molecule has 0 saturated heterocycles. The molecule has 2 aliphatic rings. The normalized spacial score (nSPS) is 19.8. The first-order chi connectivity index (χ1) is 8.83. The molecule has 4 nitrogen and oxygen atoms in total. The summed E-state index contributed by atoms with van der Waals surface area (Å²) in [5.41, 5.74) is 2.46. The van der Waals surface area contributed by atoms with Gasteiger partial charge in [0.2, 0.25) is 0 Å². The van der Waals surface area contributed by atoms with Crippen molar-refractivity contribution in [1.29, 1.82) is 0 Å². The van der Waals surface area contributed by atoms with E-state index in [0.717, 1.165) is 31.4 Å². The topological polar surface area (TPSA) is 52.7 Å². The number of hydrogen-bond donors (Lipinski definition) is 3. The van der Waals surface area contributed by atoms with Crippen LogP contribution in [0.1, 0.15) is 43.4 Å². The summed E-state index contributed by atoms with van der Waals surface area (Å²) in [6.07, 6.45) is 6.88. The van der Waals surface area contributed by atoms with E-state index in [2.05, 4.69) is 20.6 Å². The van der Waals surface area contributed by atoms with Crippen LogP contribution in [0.25, 0.3) is 0 Å². The van der Waals surface area contributed by atoms with E-state index in [-0.39, 0.29) is 0 Å². The lowest BCUT2D eigenvalue weighted by atomic mass is 9.89. The quantitative estimate of drug-likeness (QED) is 0.735. The highest BCUT2D eigenvalue weighted by molar-refractivity contribution is 7.71. The first-order valence-electron chi connectivity index (χ1n) is 6.89. The van der Waals surface area contributed by atoms with Crippen LogP contribution in [0.15, 0.2) is 0 Å². The van der Waals surface area contributed by atoms with Gasteiger partial charge in [-0.2, -0.15) is 0 Å². The number of nitrogens with one attached hydrogen (secondary N) is 3. The predicted molar refractivity (Wildman–Crippen MR) is 75.0 cm³/mol. The molecule has 0 unspecified atom stereocenters. The van der Waals surface area contributed by atoms with Gasteiger partial charge in [-0.15, -0.1) is 0 Å². The second kappa shape index (κ2) is 5.36. The smallest absolute Gasteiger partial charge is 0.199 e. The third-order valence-electron chi connectivity index (χ3n) is 4.01. The monoisotopic (exact) mass is 264 g/mol. The van der Waals surface area contributed by atoms with Crippen molar-refractivity contribution >= 4 is 18.0 Å². The summed E-state index contributed by atoms with van der Waals surface area (Å²) < 4.78 is 0.587. The zero-order valence-corrected chi connectivity index (χ0v) is 11.4. The van der Waals surface area contributed by atoms with Gasteiger partial charge in [0.05, 0.1) is 0 Å². The van der Waals surface area contributed by atoms with Gasteiger partial charge in [-0.3, -0.25) is 0 Å². The molecule has 18 heavy (non-hydrogen) atoms. The van der Waals surface area contributed by atoms with E-state index in [9.17, 15) is 0 Å². The number of aromatic amines is 1. The molecule has 3 N–H and O–H groups in total. The Morgan fingerprint density at radius 1 is 1.22 bits per heavy atom. The molecule has 0 atom stereocenters. The zero-order chi connectivity index (χ0) is 12.4. The summed E-state index contributed by atoms with van der Waals surface area (Å²) in [6.45, 7) is 2.80. The van der Waals surface area contributed by atoms with Crippen LogP contribution in [-0.4, -0.2) is 16.5 Å². The Hall–Kier alpha value is -0.940. The fraction of sp³-hybridized carbons (Fsp3) is 0.692. The summed E-state index contributed by atoms with van der Waals surface area (Å²) >= 11 is 5.18. The fourth-order valence-electron chi connectivity index (χ4n) is 2.98. The van der Waals surface area contributed by atoms with E-state index >= 15 is 0 Å². The Morgan fingerprint density at radius 2 is 2.06 bits per heavy atom. The zero-order valence-electron chi connectivity index (χ0n) is 10.6. The maximum Gasteiger partial charge on any atom is 0.199 e. The van der Waals surface area contributed by atoms with Gasteiger partial charge in [-0.05, 0) is 31.0 Å². The molecule has 1 fully saturated rings. The lowest BCUT2D eigenvalue weighted by molar-refractivity contribution is 0.373. The lowest BCUT2D eigenvalue weighted by Crippen LogP contribution is -2.18. The van der Waals surface area contributed by atoms with Gasteiger partial charge in [0.1, 0.15) is 5.82 Å². The van der Waals surface area contributed by atoms with Crippen LogP contribution in [0.5, 0.6) is 0 Å². The molecule has 1 aromatic rings. The summed E-state index contributed by atoms with van der Waals surface area (Å²) in [5.74, 6) is 1.80. The summed E-state index contributed by atoms with van der Waals surface area (Å²) in [4.78, 5) is 7.60. The van der Waals surface area contributed by atoms with Crippen LogP contribution in [-0.2, 0) is 13.1 Å². The molecule has 2 heterocycles. The first kappa shape index (κ1) is 12.1. The Bertz CT molecular complexity index is 476. The highest BCUT2D eigenvalue weighted by Crippen LogP contribution is 2.25. The minimum absolute atomic E-state index is 0.587. The van der Waals surface area contributed by atoms with Gasteiger partial charge in [0.25, 0.3) is 0 Å². The Kier molecular flexibility index (Phi) is 3.61. The third-order valence-corrected chi connectivity index (χ3v) is 4.20. The molecule has 5 heteroatoms. The number of rotatable bonds is 3. The SMILES string of the molecule is S=c1nc(NCC2CCCCC2)c2c([nH]1)CNC2. The molecule has 1 aromatic heterocycles. The first-order valence-corrected chi connectivity index (χ1v) is 7.30. The molecule has 1 aliphatic carbocycles. The van der Waals surface area contributed by atoms with Gasteiger partial charge in [-0.1, -0.05) is 19.3 Å². The largest absolute Gasteiger partial charge is 0.369 e. The van der Waals surface area contributed by atoms with Gasteiger partial charge in [0, 0.05) is 30.9 Å². The molecule has 1 saturated carbocycles. The molecule has 0 bridgehead atoms. The fourth-order valence-corrected chi connectivity index (χ4v) is 3.19. The van der Waals surface area contributed by atoms with Crippen molar-refractivity contribution in [2.45, 2.75) is 45.2 Å². The van der Waals surface area contributed by atoms with E-state index in [1.54, 1.807) is 0 Å². The van der Waals surface area contributed by atoms with E-state index in [1.165, 1.54) is 43.4 Å². The molecule has 0 amide bonds. The van der Waals surface area contributed by atoms with Crippen LogP contribution in [0, 0.1) is 10.7 Å². The van der Waals surface area contributed by atoms with E-state index in [0.29, 0.717) is 4.77 Å². The van der Waals surface area contributed by atoms with Gasteiger partial charge >= 0.3 is 0 Å². The minimum atomic E-state index is 0.587. The molecular formula is C13H20N4S. The number of nitrogens with zero attached hydrogens (tertiary/aromatic N) is 1. The van der Waals surface area contributed by atoms with E-state index in [1.807, 2.05) is 0 Å². The molecule has 0 spiro atoms. The van der Waals surface area contributed by atoms with Gasteiger partial charge < -0.3 is 15.6 Å². The van der Waals surface area contributed by atoms with Crippen LogP contribution >= 0.6 is 12.2 Å². The van der Waals surface area contributed by atoms with E-state index in [4.69, 9.17) is 12.2 Å². The van der Waals surface area contributed by atoms with Gasteiger partial charge in [-0.25, -0.2) is 4.98 Å². The van der Waals surface area contributed by atoms with Crippen LogP contribution in [0.4, 0.5) is 5.82 Å². The number of H-pyrrole nitrogens is 1. The number of hydrogen-bond acceptors (Lipinski definition) is 4. The second-order valence-corrected chi connectivity index (χ2v) is 5.72. The lowest BCUT2D eigenvalue weighted by Gasteiger charge is -2.22. The standard InChI is InChI=1S/C13H20N4S/c18-13-16-11-8-14-7-10(11)12(17-13)15-6-9-4-2-1-3-5-9/h9,14H,1-8H2,(H2,15,16,17,18). The van der Waals surface area contributed by atoms with Gasteiger partial charge in [0.15, 0.2) is 4.77 Å². The van der Waals surface area contributed by atoms with Crippen molar-refractivity contribution in [2.75, 3.05) is 11.9 Å². The summed E-state index contributed by atoms with van der Waals surface area (Å²) in [7, 11) is 0. The highest BCUT2D eigenvalue weighted by Gasteiger charge is 2.18. The molecular weight excluding hydrogens is 244 g/mol. The maximum absolute atomic E-state index is 5.18. The van der Waals surface area contributed by atoms with Crippen molar-refractivity contribution in [3.05, 3.63) is 16.0 Å². The highest BCUT2D eigenvalue weighted by atomic mass is 32.1. The maximum atomic E-state index is 5.18. The van der Waals surface area contributed by atoms with Crippen LogP contribution < -0.4 is 10.6 Å². The summed E-state index contributed by atoms with van der Waals surface area (Å²) in [6, 6.07) is 0. The Balaban J connectivity index is 1.70. The third kappa shape index (κ3) is 2.57. The molecule has 0 radical (unpaired) electrons. The van der Waals surface area contributed by atoms with E-state index < -0.39 is 0 Å². The number of aromatic nitrogens is 2. The van der Waals surface area contributed by atoms with Crippen molar-refractivity contribution in [3.8, 4) is 0 Å². The van der Waals surface area contributed by atoms with Crippen molar-refractivity contribution in [2.24, 2.45) is 5.92 Å². The van der Waals surface area contributed by atoms with Crippen molar-refractivity contribution in [1.82, 2.24) is 15.3 Å². The van der Waals surface area contributed by atoms with Crippen LogP contribution in [0.2, 0.25) is 0 Å². The number of fused-ring (bicyclic) bond motifs is 1. The van der Waals surface area contributed by atoms with Crippen molar-refractivity contribution < 1.29 is 0 Å². The van der Waals surface area contributed by atoms with Crippen molar-refractivity contribution in [3.63, 3.8) is 0 Å². The average Bonchev–Trinajstić information content (AvgIpc) is 2.85. The molecule has 0 aromatic carbocycles. The molecule has 3 rings (SSSR count).